The van der Waals surface area contributed by atoms with Crippen molar-refractivity contribution in [2.75, 3.05) is 0 Å². The number of hydrogen-bond acceptors (Lipinski definition) is 0. The van der Waals surface area contributed by atoms with Crippen molar-refractivity contribution >= 4 is 0 Å². The van der Waals surface area contributed by atoms with E-state index in [0.717, 1.165) is 13.1 Å². The highest BCUT2D eigenvalue weighted by molar-refractivity contribution is 5.06. The predicted molar refractivity (Wildman–Crippen MR) is 171 cm³/mol. The molecule has 0 saturated heterocycles. The van der Waals surface area contributed by atoms with E-state index in [1.165, 1.54) is 152 Å². The van der Waals surface area contributed by atoms with Crippen LogP contribution in [0.15, 0.2) is 73.4 Å². The molecule has 0 amide bonds. The van der Waals surface area contributed by atoms with Gasteiger partial charge in [-0.15, -0.1) is 0 Å². The molecule has 0 radical (unpaired) electrons. The fourth-order valence-electron chi connectivity index (χ4n) is 5.91. The summed E-state index contributed by atoms with van der Waals surface area (Å²) in [5, 5.41) is 0. The van der Waals surface area contributed by atoms with Crippen LogP contribution in [0.4, 0.5) is 0 Å². The molecular formula is C38H60N2+2. The van der Waals surface area contributed by atoms with Crippen LogP contribution < -0.4 is 9.13 Å². The minimum atomic E-state index is 1.16. The lowest BCUT2D eigenvalue weighted by Gasteiger charge is -2.03. The zero-order valence-corrected chi connectivity index (χ0v) is 25.8. The maximum atomic E-state index is 2.43. The second-order valence-electron chi connectivity index (χ2n) is 12.2. The number of aromatic nitrogens is 2. The van der Waals surface area contributed by atoms with Gasteiger partial charge in [0.25, 0.3) is 0 Å². The van der Waals surface area contributed by atoms with Gasteiger partial charge in [0.1, 0.15) is 13.1 Å². The molecule has 3 heterocycles. The molecule has 2 nitrogen and oxygen atoms in total. The molecule has 0 saturated carbocycles. The summed E-state index contributed by atoms with van der Waals surface area (Å²) in [4.78, 5) is 0. The predicted octanol–water partition coefficient (Wildman–Crippen LogP) is 9.97. The normalized spacial score (nSPS) is 21.0. The van der Waals surface area contributed by atoms with Gasteiger partial charge in [0.2, 0.25) is 0 Å². The maximum absolute atomic E-state index is 2.43. The molecule has 4 bridgehead atoms. The molecule has 0 spiro atoms. The topological polar surface area (TPSA) is 7.76 Å². The van der Waals surface area contributed by atoms with Crippen LogP contribution in [-0.2, 0) is 25.9 Å². The Morgan fingerprint density at radius 3 is 1.15 bits per heavy atom. The molecule has 2 aromatic heterocycles. The molecule has 3 rings (SSSR count). The van der Waals surface area contributed by atoms with Gasteiger partial charge in [-0.05, 0) is 102 Å². The van der Waals surface area contributed by atoms with Crippen molar-refractivity contribution in [3.8, 4) is 0 Å². The van der Waals surface area contributed by atoms with Crippen molar-refractivity contribution < 1.29 is 9.13 Å². The van der Waals surface area contributed by atoms with Gasteiger partial charge in [-0.2, -0.15) is 0 Å². The lowest BCUT2D eigenvalue weighted by atomic mass is 10.1. The van der Waals surface area contributed by atoms with Crippen molar-refractivity contribution in [2.45, 2.75) is 154 Å². The third-order valence-corrected chi connectivity index (χ3v) is 8.42. The minimum Gasteiger partial charge on any atom is -0.205 e. The lowest BCUT2D eigenvalue weighted by Crippen LogP contribution is -2.33. The van der Waals surface area contributed by atoms with E-state index in [1.807, 2.05) is 0 Å². The van der Waals surface area contributed by atoms with Crippen molar-refractivity contribution in [3.63, 3.8) is 0 Å². The largest absolute Gasteiger partial charge is 0.205 e. The van der Waals surface area contributed by atoms with Crippen LogP contribution in [0.3, 0.4) is 0 Å². The van der Waals surface area contributed by atoms with E-state index in [2.05, 4.69) is 82.5 Å². The summed E-state index contributed by atoms with van der Waals surface area (Å²) >= 11 is 0. The summed E-state index contributed by atoms with van der Waals surface area (Å²) in [6, 6.07) is 9.13. The fraction of sp³-hybridized carbons (Fsp3) is 0.632. The molecule has 0 unspecified atom stereocenters. The molecule has 2 heteroatoms. The number of allylic oxidation sites excluding steroid dienone is 4. The number of aryl methyl sites for hydroxylation is 4. The van der Waals surface area contributed by atoms with Gasteiger partial charge in [0, 0.05) is 36.1 Å². The van der Waals surface area contributed by atoms with Crippen molar-refractivity contribution in [1.82, 2.24) is 0 Å². The van der Waals surface area contributed by atoms with Crippen LogP contribution in [-0.4, -0.2) is 0 Å². The Hall–Kier alpha value is -2.22. The van der Waals surface area contributed by atoms with Crippen LogP contribution in [0.1, 0.15) is 140 Å². The highest BCUT2D eigenvalue weighted by Crippen LogP contribution is 2.12. The first-order chi connectivity index (χ1) is 19.9. The second-order valence-corrected chi connectivity index (χ2v) is 12.2. The van der Waals surface area contributed by atoms with Gasteiger partial charge in [-0.3, -0.25) is 0 Å². The first kappa shape index (κ1) is 32.3. The lowest BCUT2D eigenvalue weighted by molar-refractivity contribution is -0.697. The van der Waals surface area contributed by atoms with E-state index in [1.54, 1.807) is 0 Å². The number of fused-ring (bicyclic) bond motifs is 4. The molecule has 1 aliphatic heterocycles. The summed E-state index contributed by atoms with van der Waals surface area (Å²) in [6.45, 7) is 2.32. The Balaban J connectivity index is 1.36. The van der Waals surface area contributed by atoms with Gasteiger partial charge in [-0.25, -0.2) is 9.13 Å². The summed E-state index contributed by atoms with van der Waals surface area (Å²) in [7, 11) is 0. The van der Waals surface area contributed by atoms with Crippen LogP contribution >= 0.6 is 0 Å². The van der Waals surface area contributed by atoms with E-state index >= 15 is 0 Å². The highest BCUT2D eigenvalue weighted by Gasteiger charge is 2.04. The average Bonchev–Trinajstić information content (AvgIpc) is 2.97. The Morgan fingerprint density at radius 2 is 0.725 bits per heavy atom. The van der Waals surface area contributed by atoms with Crippen LogP contribution in [0.5, 0.6) is 0 Å². The molecule has 0 aliphatic carbocycles. The Kier molecular flexibility index (Phi) is 18.1. The summed E-state index contributed by atoms with van der Waals surface area (Å²) in [6.07, 6.45) is 48.0. The van der Waals surface area contributed by atoms with Crippen molar-refractivity contribution in [1.29, 1.82) is 0 Å². The Bertz CT molecular complexity index is 867. The summed E-state index contributed by atoms with van der Waals surface area (Å²) in [5.41, 5.74) is 3.02. The zero-order chi connectivity index (χ0) is 27.8. The van der Waals surface area contributed by atoms with E-state index in [-0.39, 0.29) is 0 Å². The third-order valence-electron chi connectivity index (χ3n) is 8.42. The van der Waals surface area contributed by atoms with E-state index < -0.39 is 0 Å². The zero-order valence-electron chi connectivity index (χ0n) is 25.8. The van der Waals surface area contributed by atoms with Crippen LogP contribution in [0, 0.1) is 0 Å². The van der Waals surface area contributed by atoms with E-state index in [0.29, 0.717) is 0 Å². The molecule has 220 valence electrons. The Morgan fingerprint density at radius 1 is 0.375 bits per heavy atom. The fourth-order valence-corrected chi connectivity index (χ4v) is 5.91. The van der Waals surface area contributed by atoms with Gasteiger partial charge in [-0.1, -0.05) is 62.8 Å². The van der Waals surface area contributed by atoms with Crippen molar-refractivity contribution in [2.24, 2.45) is 0 Å². The van der Waals surface area contributed by atoms with Crippen LogP contribution in [0.2, 0.25) is 0 Å². The average molecular weight is 545 g/mol. The van der Waals surface area contributed by atoms with E-state index in [4.69, 9.17) is 0 Å². The van der Waals surface area contributed by atoms with Gasteiger partial charge in [0.05, 0.1) is 0 Å². The number of hydrogen-bond donors (Lipinski definition) is 0. The smallest absolute Gasteiger partial charge is 0.171 e. The molecule has 0 N–H and O–H groups in total. The second kappa shape index (κ2) is 22.5. The SMILES string of the molecule is C1=C/CCCCC[n+]2cccc(c2)CCCCCCC/C=C/CCCCC[n+]2cccc(c2)CCCCCCC/1. The molecule has 1 aliphatic rings. The van der Waals surface area contributed by atoms with Crippen molar-refractivity contribution in [3.05, 3.63) is 84.5 Å². The summed E-state index contributed by atoms with van der Waals surface area (Å²) in [5.74, 6) is 0. The third kappa shape index (κ3) is 16.1. The standard InChI is InChI=1S/C38H60N2/c1-3-7-11-15-19-23-31-39-33-26-30-38(36-39)28-22-18-14-10-6-2-4-8-12-16-20-24-32-40-34-25-29-37(35-40)27-21-17-13-9-5-1/h3-4,7-8,25-26,29-30,33-36H,1-2,5-6,9-24,27-28,31-32H2/q+2/b7-3+,8-4+. The van der Waals surface area contributed by atoms with Gasteiger partial charge in [0.15, 0.2) is 24.8 Å². The molecule has 0 aromatic carbocycles. The van der Waals surface area contributed by atoms with Crippen LogP contribution in [0.25, 0.3) is 0 Å². The molecule has 0 atom stereocenters. The number of rotatable bonds is 0. The maximum Gasteiger partial charge on any atom is 0.171 e. The monoisotopic (exact) mass is 544 g/mol. The number of nitrogens with zero attached hydrogens (tertiary/aromatic N) is 2. The first-order valence-corrected chi connectivity index (χ1v) is 17.2. The summed E-state index contributed by atoms with van der Waals surface area (Å²) < 4.78 is 4.83. The molecular weight excluding hydrogens is 484 g/mol. The molecule has 2 aromatic rings. The molecule has 0 fully saturated rings. The number of pyridine rings is 2. The van der Waals surface area contributed by atoms with Gasteiger partial charge >= 0.3 is 0 Å². The Labute approximate surface area is 247 Å². The molecule has 40 heavy (non-hydrogen) atoms. The highest BCUT2D eigenvalue weighted by atomic mass is 14.9. The van der Waals surface area contributed by atoms with Gasteiger partial charge < -0.3 is 0 Å². The quantitative estimate of drug-likeness (QED) is 0.230. The van der Waals surface area contributed by atoms with E-state index in [9.17, 15) is 0 Å². The first-order valence-electron chi connectivity index (χ1n) is 17.2. The minimum absolute atomic E-state index is 1.16.